The number of hydrogen-bond donors (Lipinski definition) is 1. The summed E-state index contributed by atoms with van der Waals surface area (Å²) in [4.78, 5) is 2.60. The van der Waals surface area contributed by atoms with Crippen LogP contribution in [0.2, 0.25) is 0 Å². The van der Waals surface area contributed by atoms with E-state index in [0.717, 1.165) is 12.5 Å². The molecule has 2 heteroatoms. The van der Waals surface area contributed by atoms with E-state index in [-0.39, 0.29) is 0 Å². The summed E-state index contributed by atoms with van der Waals surface area (Å²) in [6.07, 6.45) is 5.63. The molecule has 0 aliphatic heterocycles. The third-order valence-electron chi connectivity index (χ3n) is 3.72. The van der Waals surface area contributed by atoms with E-state index in [2.05, 4.69) is 31.0 Å². The molecule has 0 saturated heterocycles. The second kappa shape index (κ2) is 7.24. The van der Waals surface area contributed by atoms with E-state index in [4.69, 9.17) is 0 Å². The van der Waals surface area contributed by atoms with Gasteiger partial charge in [0, 0.05) is 25.7 Å². The largest absolute Gasteiger partial charge is 0.313 e. The van der Waals surface area contributed by atoms with Crippen LogP contribution in [0.15, 0.2) is 0 Å². The van der Waals surface area contributed by atoms with Gasteiger partial charge in [-0.05, 0) is 38.6 Å². The number of hydrogen-bond acceptors (Lipinski definition) is 2. The molecular formula is C13H28N2. The van der Waals surface area contributed by atoms with Crippen molar-refractivity contribution in [1.29, 1.82) is 0 Å². The molecule has 0 bridgehead atoms. The minimum absolute atomic E-state index is 0.674. The summed E-state index contributed by atoms with van der Waals surface area (Å²) in [5.41, 5.74) is 0. The van der Waals surface area contributed by atoms with Gasteiger partial charge in [-0.2, -0.15) is 0 Å². The molecule has 0 radical (unpaired) electrons. The van der Waals surface area contributed by atoms with Crippen LogP contribution >= 0.6 is 0 Å². The zero-order chi connectivity index (χ0) is 11.1. The average Bonchev–Trinajstić information content (AvgIpc) is 2.20. The van der Waals surface area contributed by atoms with Crippen molar-refractivity contribution >= 4 is 0 Å². The van der Waals surface area contributed by atoms with Crippen LogP contribution in [0, 0.1) is 5.92 Å². The standard InChI is InChI=1S/C13H28N2/c1-4-12(3)14-9-10-15(5-2)11-13-7-6-8-13/h12-14H,4-11H2,1-3H3. The van der Waals surface area contributed by atoms with Crippen molar-refractivity contribution in [2.24, 2.45) is 5.92 Å². The molecule has 0 spiro atoms. The fourth-order valence-electron chi connectivity index (χ4n) is 2.03. The monoisotopic (exact) mass is 212 g/mol. The maximum absolute atomic E-state index is 3.56. The molecule has 2 nitrogen and oxygen atoms in total. The first-order chi connectivity index (χ1) is 7.26. The first-order valence-corrected chi connectivity index (χ1v) is 6.72. The van der Waals surface area contributed by atoms with Crippen molar-refractivity contribution in [3.8, 4) is 0 Å². The SMILES string of the molecule is CCC(C)NCCN(CC)CC1CCC1. The lowest BCUT2D eigenvalue weighted by atomic mass is 9.85. The minimum atomic E-state index is 0.674. The molecule has 1 fully saturated rings. The number of rotatable bonds is 8. The molecule has 1 rings (SSSR count). The van der Waals surface area contributed by atoms with Gasteiger partial charge in [-0.15, -0.1) is 0 Å². The molecule has 1 unspecified atom stereocenters. The van der Waals surface area contributed by atoms with Gasteiger partial charge in [0.25, 0.3) is 0 Å². The van der Waals surface area contributed by atoms with Gasteiger partial charge in [0.05, 0.1) is 0 Å². The first-order valence-electron chi connectivity index (χ1n) is 6.72. The van der Waals surface area contributed by atoms with Crippen molar-refractivity contribution in [2.45, 2.75) is 52.5 Å². The number of nitrogens with one attached hydrogen (secondary N) is 1. The molecular weight excluding hydrogens is 184 g/mol. The van der Waals surface area contributed by atoms with Gasteiger partial charge in [-0.25, -0.2) is 0 Å². The van der Waals surface area contributed by atoms with Crippen LogP contribution < -0.4 is 5.32 Å². The van der Waals surface area contributed by atoms with Gasteiger partial charge in [0.2, 0.25) is 0 Å². The Morgan fingerprint density at radius 2 is 2.07 bits per heavy atom. The van der Waals surface area contributed by atoms with E-state index in [1.165, 1.54) is 45.3 Å². The highest BCUT2D eigenvalue weighted by Crippen LogP contribution is 2.26. The molecule has 1 atom stereocenters. The fraction of sp³-hybridized carbons (Fsp3) is 1.00. The Morgan fingerprint density at radius 3 is 2.53 bits per heavy atom. The van der Waals surface area contributed by atoms with Gasteiger partial charge in [-0.1, -0.05) is 20.3 Å². The average molecular weight is 212 g/mol. The van der Waals surface area contributed by atoms with Crippen LogP contribution in [0.5, 0.6) is 0 Å². The van der Waals surface area contributed by atoms with E-state index in [1.807, 2.05) is 0 Å². The normalized spacial score (nSPS) is 19.2. The lowest BCUT2D eigenvalue weighted by Gasteiger charge is -2.32. The maximum atomic E-state index is 3.56. The number of likely N-dealkylation sites (N-methyl/N-ethyl adjacent to an activating group) is 1. The van der Waals surface area contributed by atoms with Crippen LogP contribution in [0.3, 0.4) is 0 Å². The van der Waals surface area contributed by atoms with Crippen LogP contribution in [0.4, 0.5) is 0 Å². The van der Waals surface area contributed by atoms with E-state index in [1.54, 1.807) is 0 Å². The zero-order valence-corrected chi connectivity index (χ0v) is 10.8. The highest BCUT2D eigenvalue weighted by atomic mass is 15.1. The summed E-state index contributed by atoms with van der Waals surface area (Å²) < 4.78 is 0. The Balaban J connectivity index is 2.04. The van der Waals surface area contributed by atoms with Gasteiger partial charge in [-0.3, -0.25) is 0 Å². The van der Waals surface area contributed by atoms with Gasteiger partial charge < -0.3 is 10.2 Å². The third-order valence-corrected chi connectivity index (χ3v) is 3.72. The second-order valence-electron chi connectivity index (χ2n) is 4.95. The Kier molecular flexibility index (Phi) is 6.26. The number of nitrogens with zero attached hydrogens (tertiary/aromatic N) is 1. The van der Waals surface area contributed by atoms with Crippen molar-refractivity contribution in [3.63, 3.8) is 0 Å². The minimum Gasteiger partial charge on any atom is -0.313 e. The van der Waals surface area contributed by atoms with Crippen LogP contribution in [0.25, 0.3) is 0 Å². The smallest absolute Gasteiger partial charge is 0.0107 e. The molecule has 0 aromatic rings. The summed E-state index contributed by atoms with van der Waals surface area (Å²) in [6, 6.07) is 0.674. The predicted molar refractivity (Wildman–Crippen MR) is 67.2 cm³/mol. The molecule has 1 N–H and O–H groups in total. The summed E-state index contributed by atoms with van der Waals surface area (Å²) in [7, 11) is 0. The van der Waals surface area contributed by atoms with Crippen molar-refractivity contribution < 1.29 is 0 Å². The van der Waals surface area contributed by atoms with Crippen LogP contribution in [0.1, 0.15) is 46.5 Å². The summed E-state index contributed by atoms with van der Waals surface area (Å²) in [5, 5.41) is 3.56. The Morgan fingerprint density at radius 1 is 1.33 bits per heavy atom. The molecule has 90 valence electrons. The third kappa shape index (κ3) is 4.98. The van der Waals surface area contributed by atoms with E-state index in [9.17, 15) is 0 Å². The molecule has 0 heterocycles. The molecule has 0 aromatic heterocycles. The second-order valence-corrected chi connectivity index (χ2v) is 4.95. The summed E-state index contributed by atoms with van der Waals surface area (Å²) >= 11 is 0. The highest BCUT2D eigenvalue weighted by molar-refractivity contribution is 4.74. The lowest BCUT2D eigenvalue weighted by Crippen LogP contribution is -2.39. The zero-order valence-electron chi connectivity index (χ0n) is 10.8. The highest BCUT2D eigenvalue weighted by Gasteiger charge is 2.19. The molecule has 15 heavy (non-hydrogen) atoms. The van der Waals surface area contributed by atoms with E-state index < -0.39 is 0 Å². The van der Waals surface area contributed by atoms with Crippen LogP contribution in [-0.2, 0) is 0 Å². The summed E-state index contributed by atoms with van der Waals surface area (Å²) in [5.74, 6) is 1.01. The Hall–Kier alpha value is -0.0800. The Bertz CT molecular complexity index is 155. The van der Waals surface area contributed by atoms with Gasteiger partial charge in [0.15, 0.2) is 0 Å². The van der Waals surface area contributed by atoms with Crippen molar-refractivity contribution in [2.75, 3.05) is 26.2 Å². The quantitative estimate of drug-likeness (QED) is 0.665. The summed E-state index contributed by atoms with van der Waals surface area (Å²) in [6.45, 7) is 11.7. The van der Waals surface area contributed by atoms with E-state index in [0.29, 0.717) is 6.04 Å². The van der Waals surface area contributed by atoms with Gasteiger partial charge in [0.1, 0.15) is 0 Å². The van der Waals surface area contributed by atoms with Crippen molar-refractivity contribution in [1.82, 2.24) is 10.2 Å². The topological polar surface area (TPSA) is 15.3 Å². The van der Waals surface area contributed by atoms with E-state index >= 15 is 0 Å². The van der Waals surface area contributed by atoms with Crippen LogP contribution in [-0.4, -0.2) is 37.1 Å². The first kappa shape index (κ1) is 13.0. The fourth-order valence-corrected chi connectivity index (χ4v) is 2.03. The molecule has 0 aromatic carbocycles. The van der Waals surface area contributed by atoms with Crippen molar-refractivity contribution in [3.05, 3.63) is 0 Å². The molecule has 1 aliphatic carbocycles. The molecule has 1 saturated carbocycles. The Labute approximate surface area is 95.4 Å². The maximum Gasteiger partial charge on any atom is 0.0107 e. The van der Waals surface area contributed by atoms with Gasteiger partial charge >= 0.3 is 0 Å². The molecule has 1 aliphatic rings. The lowest BCUT2D eigenvalue weighted by molar-refractivity contribution is 0.183. The molecule has 0 amide bonds. The predicted octanol–water partition coefficient (Wildman–Crippen LogP) is 2.50.